The summed E-state index contributed by atoms with van der Waals surface area (Å²) in [5.74, 6) is -3.13. The first-order valence-electron chi connectivity index (χ1n) is 9.46. The van der Waals surface area contributed by atoms with Gasteiger partial charge in [0.1, 0.15) is 22.3 Å². The van der Waals surface area contributed by atoms with Crippen molar-refractivity contribution in [2.45, 2.75) is 24.7 Å². The van der Waals surface area contributed by atoms with Crippen LogP contribution in [-0.4, -0.2) is 19.5 Å². The summed E-state index contributed by atoms with van der Waals surface area (Å²) in [5.41, 5.74) is -0.587. The first-order chi connectivity index (χ1) is 15.0. The van der Waals surface area contributed by atoms with Gasteiger partial charge >= 0.3 is 10.2 Å². The van der Waals surface area contributed by atoms with Crippen molar-refractivity contribution in [3.63, 3.8) is 0 Å². The number of aromatic hydroxyl groups is 1. The third-order valence-electron chi connectivity index (χ3n) is 4.92. The van der Waals surface area contributed by atoms with Crippen molar-refractivity contribution >= 4 is 15.9 Å². The second-order valence-electron chi connectivity index (χ2n) is 7.78. The first-order valence-corrected chi connectivity index (χ1v) is 11.4. The van der Waals surface area contributed by atoms with Crippen molar-refractivity contribution in [3.8, 4) is 28.3 Å². The van der Waals surface area contributed by atoms with Crippen LogP contribution in [0.15, 0.2) is 53.7 Å². The summed E-state index contributed by atoms with van der Waals surface area (Å²) in [6.07, 6.45) is 2.33. The number of hydrogen-bond acceptors (Lipinski definition) is 3. The van der Waals surface area contributed by atoms with Gasteiger partial charge in [-0.2, -0.15) is 0 Å². The van der Waals surface area contributed by atoms with Crippen molar-refractivity contribution in [1.29, 1.82) is 0 Å². The molecule has 12 heteroatoms. The zero-order valence-corrected chi connectivity index (χ0v) is 17.9. The Labute approximate surface area is 183 Å². The van der Waals surface area contributed by atoms with Crippen LogP contribution in [0.1, 0.15) is 25.5 Å². The van der Waals surface area contributed by atoms with Gasteiger partial charge < -0.3 is 5.11 Å². The smallest absolute Gasteiger partial charge is 0.310 e. The van der Waals surface area contributed by atoms with E-state index in [1.807, 2.05) is 0 Å². The Morgan fingerprint density at radius 1 is 0.970 bits per heavy atom. The molecular formula is C21H16F7N3OS. The standard InChI is InChI=1S/C21H16F7N3OS/c1-11(2)20-21(19-15(22)7-13(32)8-16(19)23)31-10-17(29-9-18(31)30-20)12-4-3-5-14(6-12)33(24,25,26,27)28/h3-11,32H,1-2H3. The lowest BCUT2D eigenvalue weighted by Gasteiger charge is -2.40. The van der Waals surface area contributed by atoms with Crippen LogP contribution in [0.25, 0.3) is 28.2 Å². The third-order valence-corrected chi connectivity index (χ3v) is 6.07. The summed E-state index contributed by atoms with van der Waals surface area (Å²) >= 11 is 0. The molecule has 0 saturated heterocycles. The normalized spacial score (nSPS) is 14.5. The molecule has 1 N–H and O–H groups in total. The SMILES string of the molecule is CC(C)c1nc2cnc(-c3cccc(S(F)(F)(F)(F)F)c3)cn2c1-c1c(F)cc(O)cc1F. The van der Waals surface area contributed by atoms with E-state index in [2.05, 4.69) is 9.97 Å². The number of hydrogen-bond donors (Lipinski definition) is 1. The van der Waals surface area contributed by atoms with Gasteiger partial charge in [0.15, 0.2) is 5.65 Å². The lowest BCUT2D eigenvalue weighted by atomic mass is 10.0. The molecule has 0 radical (unpaired) electrons. The molecule has 0 aliphatic rings. The van der Waals surface area contributed by atoms with Gasteiger partial charge in [-0.05, 0) is 18.1 Å². The number of aromatic nitrogens is 3. The minimum Gasteiger partial charge on any atom is -0.508 e. The molecule has 0 amide bonds. The third kappa shape index (κ3) is 4.22. The molecule has 0 bridgehead atoms. The summed E-state index contributed by atoms with van der Waals surface area (Å²) < 4.78 is 96.9. The molecular weight excluding hydrogens is 475 g/mol. The summed E-state index contributed by atoms with van der Waals surface area (Å²) in [6.45, 7) is 3.43. The molecule has 0 aliphatic carbocycles. The molecule has 4 rings (SSSR count). The van der Waals surface area contributed by atoms with Crippen LogP contribution >= 0.6 is 10.2 Å². The highest BCUT2D eigenvalue weighted by Crippen LogP contribution is 3.02. The number of phenolic OH excluding ortho intramolecular Hbond substituents is 1. The Balaban J connectivity index is 2.00. The number of phenols is 1. The van der Waals surface area contributed by atoms with Crippen molar-refractivity contribution in [2.24, 2.45) is 0 Å². The highest BCUT2D eigenvalue weighted by molar-refractivity contribution is 8.45. The van der Waals surface area contributed by atoms with Gasteiger partial charge in [0.05, 0.1) is 28.8 Å². The number of benzene rings is 2. The van der Waals surface area contributed by atoms with Crippen molar-refractivity contribution in [3.05, 3.63) is 66.1 Å². The predicted molar refractivity (Wildman–Crippen MR) is 111 cm³/mol. The van der Waals surface area contributed by atoms with E-state index in [1.54, 1.807) is 13.8 Å². The zero-order valence-electron chi connectivity index (χ0n) is 17.0. The zero-order chi connectivity index (χ0) is 24.4. The summed E-state index contributed by atoms with van der Waals surface area (Å²) in [6, 6.07) is 3.94. The van der Waals surface area contributed by atoms with Gasteiger partial charge in [0.25, 0.3) is 0 Å². The Morgan fingerprint density at radius 2 is 1.61 bits per heavy atom. The lowest BCUT2D eigenvalue weighted by molar-refractivity contribution is 0.364. The highest BCUT2D eigenvalue weighted by atomic mass is 32.5. The van der Waals surface area contributed by atoms with Gasteiger partial charge in [-0.15, -0.1) is 0 Å². The molecule has 0 saturated carbocycles. The molecule has 0 unspecified atom stereocenters. The second kappa shape index (κ2) is 6.62. The number of nitrogens with zero attached hydrogens (tertiary/aromatic N) is 3. The first kappa shape index (κ1) is 22.9. The van der Waals surface area contributed by atoms with E-state index in [1.165, 1.54) is 10.6 Å². The van der Waals surface area contributed by atoms with E-state index >= 15 is 0 Å². The second-order valence-corrected chi connectivity index (χ2v) is 10.2. The molecule has 2 aromatic heterocycles. The monoisotopic (exact) mass is 491 g/mol. The number of rotatable bonds is 4. The summed E-state index contributed by atoms with van der Waals surface area (Å²) in [4.78, 5) is 6.24. The molecule has 0 fully saturated rings. The average molecular weight is 491 g/mol. The van der Waals surface area contributed by atoms with Gasteiger partial charge in [0.2, 0.25) is 0 Å². The quantitative estimate of drug-likeness (QED) is 0.296. The number of fused-ring (bicyclic) bond motifs is 1. The van der Waals surface area contributed by atoms with E-state index in [9.17, 15) is 33.3 Å². The minimum atomic E-state index is -9.93. The van der Waals surface area contributed by atoms with Crippen LogP contribution in [0.3, 0.4) is 0 Å². The van der Waals surface area contributed by atoms with Gasteiger partial charge in [0, 0.05) is 23.9 Å². The molecule has 33 heavy (non-hydrogen) atoms. The molecule has 176 valence electrons. The van der Waals surface area contributed by atoms with E-state index in [0.717, 1.165) is 18.3 Å². The molecule has 0 aliphatic heterocycles. The molecule has 0 spiro atoms. The Bertz CT molecular complexity index is 1390. The maximum atomic E-state index is 14.7. The number of halogens is 7. The highest BCUT2D eigenvalue weighted by Gasteiger charge is 2.65. The van der Waals surface area contributed by atoms with Gasteiger partial charge in [-0.25, -0.2) is 13.8 Å². The largest absolute Gasteiger partial charge is 0.508 e. The molecule has 2 heterocycles. The van der Waals surface area contributed by atoms with Gasteiger partial charge in [-0.1, -0.05) is 45.4 Å². The summed E-state index contributed by atoms with van der Waals surface area (Å²) in [7, 11) is -9.93. The summed E-state index contributed by atoms with van der Waals surface area (Å²) in [5, 5.41) is 9.47. The van der Waals surface area contributed by atoms with Gasteiger partial charge in [-0.3, -0.25) is 9.38 Å². The molecule has 4 nitrogen and oxygen atoms in total. The lowest BCUT2D eigenvalue weighted by Crippen LogP contribution is -2.06. The van der Waals surface area contributed by atoms with E-state index < -0.39 is 38.1 Å². The van der Waals surface area contributed by atoms with Crippen LogP contribution in [0.4, 0.5) is 28.2 Å². The maximum absolute atomic E-state index is 14.7. The topological polar surface area (TPSA) is 50.4 Å². The molecule has 2 aromatic carbocycles. The predicted octanol–water partition coefficient (Wildman–Crippen LogP) is 7.83. The molecule has 4 aromatic rings. The van der Waals surface area contributed by atoms with Crippen LogP contribution in [0.2, 0.25) is 0 Å². The van der Waals surface area contributed by atoms with E-state index in [4.69, 9.17) is 0 Å². The van der Waals surface area contributed by atoms with Crippen molar-refractivity contribution < 1.29 is 33.3 Å². The molecule has 0 atom stereocenters. The Morgan fingerprint density at radius 3 is 2.18 bits per heavy atom. The average Bonchev–Trinajstić information content (AvgIpc) is 3.04. The fourth-order valence-electron chi connectivity index (χ4n) is 3.45. The van der Waals surface area contributed by atoms with Crippen molar-refractivity contribution in [1.82, 2.24) is 14.4 Å². The van der Waals surface area contributed by atoms with Crippen LogP contribution in [0.5, 0.6) is 5.75 Å². The fraction of sp³-hybridized carbons (Fsp3) is 0.143. The van der Waals surface area contributed by atoms with Crippen LogP contribution < -0.4 is 0 Å². The maximum Gasteiger partial charge on any atom is 0.310 e. The van der Waals surface area contributed by atoms with E-state index in [0.29, 0.717) is 12.1 Å². The Hall–Kier alpha value is -3.28. The van der Waals surface area contributed by atoms with Crippen LogP contribution in [0, 0.1) is 11.6 Å². The van der Waals surface area contributed by atoms with E-state index in [-0.39, 0.29) is 46.3 Å². The fourth-order valence-corrected chi connectivity index (χ4v) is 4.14. The van der Waals surface area contributed by atoms with Crippen molar-refractivity contribution in [2.75, 3.05) is 0 Å². The number of imidazole rings is 1. The minimum absolute atomic E-state index is 0.0393. The van der Waals surface area contributed by atoms with Crippen LogP contribution in [-0.2, 0) is 0 Å². The Kier molecular flexibility index (Phi) is 4.60.